The fourth-order valence-corrected chi connectivity index (χ4v) is 2.78. The van der Waals surface area contributed by atoms with Crippen molar-refractivity contribution in [3.63, 3.8) is 0 Å². The van der Waals surface area contributed by atoms with Crippen molar-refractivity contribution in [1.82, 2.24) is 5.32 Å². The van der Waals surface area contributed by atoms with Gasteiger partial charge in [-0.2, -0.15) is 0 Å². The van der Waals surface area contributed by atoms with Crippen molar-refractivity contribution in [1.29, 1.82) is 0 Å². The van der Waals surface area contributed by atoms with Crippen LogP contribution in [0, 0.1) is 11.3 Å². The third-order valence-corrected chi connectivity index (χ3v) is 4.35. The number of nitrogens with one attached hydrogen (secondary N) is 1. The first kappa shape index (κ1) is 12.8. The zero-order valence-corrected chi connectivity index (χ0v) is 11.8. The van der Waals surface area contributed by atoms with Gasteiger partial charge in [-0.05, 0) is 53.8 Å². The fraction of sp³-hybridized carbons (Fsp3) is 0.615. The predicted molar refractivity (Wildman–Crippen MR) is 70.1 cm³/mol. The van der Waals surface area contributed by atoms with Crippen LogP contribution in [0.25, 0.3) is 0 Å². The monoisotopic (exact) mass is 299 g/mol. The predicted octanol–water partition coefficient (Wildman–Crippen LogP) is 3.25. The summed E-state index contributed by atoms with van der Waals surface area (Å²) in [5, 5.41) is 3.36. The molecule has 4 heteroatoms. The van der Waals surface area contributed by atoms with Crippen LogP contribution in [0.3, 0.4) is 0 Å². The van der Waals surface area contributed by atoms with E-state index in [1.807, 2.05) is 13.8 Å². The van der Waals surface area contributed by atoms with E-state index in [-0.39, 0.29) is 11.2 Å². The van der Waals surface area contributed by atoms with Gasteiger partial charge in [-0.25, -0.2) is 0 Å². The summed E-state index contributed by atoms with van der Waals surface area (Å²) in [7, 11) is 0. The molecule has 0 bridgehead atoms. The van der Waals surface area contributed by atoms with Gasteiger partial charge in [0.1, 0.15) is 0 Å². The summed E-state index contributed by atoms with van der Waals surface area (Å²) in [5.41, 5.74) is -0.381. The molecule has 1 aliphatic heterocycles. The molecular weight excluding hydrogens is 282 g/mol. The Kier molecular flexibility index (Phi) is 3.73. The maximum absolute atomic E-state index is 12.5. The lowest BCUT2D eigenvalue weighted by Crippen LogP contribution is -2.42. The Balaban J connectivity index is 2.19. The molecule has 0 radical (unpaired) electrons. The average Bonchev–Trinajstić information content (AvgIpc) is 2.75. The van der Waals surface area contributed by atoms with Crippen molar-refractivity contribution in [2.45, 2.75) is 26.7 Å². The second-order valence-corrected chi connectivity index (χ2v) is 6.05. The summed E-state index contributed by atoms with van der Waals surface area (Å²) in [5.74, 6) is 0.907. The second kappa shape index (κ2) is 4.94. The Morgan fingerprint density at radius 3 is 2.88 bits per heavy atom. The van der Waals surface area contributed by atoms with Crippen LogP contribution >= 0.6 is 15.9 Å². The SMILES string of the molecule is CC(C)(C(=O)c1occc1Br)C1CCCNC1. The molecule has 1 aliphatic rings. The number of piperidine rings is 1. The minimum Gasteiger partial charge on any atom is -0.460 e. The minimum absolute atomic E-state index is 0.0862. The first-order valence-electron chi connectivity index (χ1n) is 6.02. The van der Waals surface area contributed by atoms with Gasteiger partial charge in [0.25, 0.3) is 0 Å². The Morgan fingerprint density at radius 2 is 2.35 bits per heavy atom. The molecule has 3 nitrogen and oxygen atoms in total. The van der Waals surface area contributed by atoms with Gasteiger partial charge in [-0.1, -0.05) is 13.8 Å². The number of rotatable bonds is 3. The number of carbonyl (C=O) groups excluding carboxylic acids is 1. The van der Waals surface area contributed by atoms with Gasteiger partial charge in [0.2, 0.25) is 5.78 Å². The van der Waals surface area contributed by atoms with Gasteiger partial charge in [0, 0.05) is 5.41 Å². The summed E-state index contributed by atoms with van der Waals surface area (Å²) in [6.45, 7) is 6.01. The number of Topliss-reactive ketones (excluding diaryl/α,β-unsaturated/α-hetero) is 1. The molecular formula is C13H18BrNO2. The molecule has 94 valence electrons. The van der Waals surface area contributed by atoms with Crippen molar-refractivity contribution < 1.29 is 9.21 Å². The van der Waals surface area contributed by atoms with E-state index in [2.05, 4.69) is 21.2 Å². The van der Waals surface area contributed by atoms with Gasteiger partial charge in [-0.15, -0.1) is 0 Å². The Bertz CT molecular complexity index is 405. The number of hydrogen-bond acceptors (Lipinski definition) is 3. The van der Waals surface area contributed by atoms with Crippen molar-refractivity contribution in [3.8, 4) is 0 Å². The molecule has 1 aromatic heterocycles. The van der Waals surface area contributed by atoms with E-state index in [4.69, 9.17) is 4.42 Å². The molecule has 0 spiro atoms. The molecule has 0 aliphatic carbocycles. The largest absolute Gasteiger partial charge is 0.460 e. The third kappa shape index (κ3) is 2.47. The van der Waals surface area contributed by atoms with Gasteiger partial charge in [-0.3, -0.25) is 4.79 Å². The molecule has 1 unspecified atom stereocenters. The summed E-state index contributed by atoms with van der Waals surface area (Å²) >= 11 is 3.35. The highest BCUT2D eigenvalue weighted by Crippen LogP contribution is 2.36. The first-order valence-corrected chi connectivity index (χ1v) is 6.81. The van der Waals surface area contributed by atoms with E-state index in [0.29, 0.717) is 11.7 Å². The summed E-state index contributed by atoms with van der Waals surface area (Å²) in [6, 6.07) is 1.77. The van der Waals surface area contributed by atoms with Crippen molar-refractivity contribution >= 4 is 21.7 Å². The van der Waals surface area contributed by atoms with E-state index in [1.54, 1.807) is 12.3 Å². The van der Waals surface area contributed by atoms with E-state index >= 15 is 0 Å². The summed E-state index contributed by atoms with van der Waals surface area (Å²) in [6.07, 6.45) is 3.79. The van der Waals surface area contributed by atoms with Gasteiger partial charge >= 0.3 is 0 Å². The lowest BCUT2D eigenvalue weighted by molar-refractivity contribution is 0.0676. The number of ketones is 1. The normalized spacial score (nSPS) is 21.5. The lowest BCUT2D eigenvalue weighted by atomic mass is 9.71. The average molecular weight is 300 g/mol. The zero-order valence-electron chi connectivity index (χ0n) is 10.3. The Morgan fingerprint density at radius 1 is 1.59 bits per heavy atom. The third-order valence-electron chi connectivity index (χ3n) is 3.73. The van der Waals surface area contributed by atoms with Crippen LogP contribution in [0.5, 0.6) is 0 Å². The van der Waals surface area contributed by atoms with Crippen LogP contribution in [0.1, 0.15) is 37.2 Å². The maximum atomic E-state index is 12.5. The van der Waals surface area contributed by atoms with Gasteiger partial charge in [0.15, 0.2) is 5.76 Å². The summed E-state index contributed by atoms with van der Waals surface area (Å²) < 4.78 is 6.04. The van der Waals surface area contributed by atoms with Crippen LogP contribution in [0.2, 0.25) is 0 Å². The van der Waals surface area contributed by atoms with Crippen molar-refractivity contribution in [2.24, 2.45) is 11.3 Å². The smallest absolute Gasteiger partial charge is 0.205 e. The highest BCUT2D eigenvalue weighted by Gasteiger charge is 2.39. The van der Waals surface area contributed by atoms with Gasteiger partial charge < -0.3 is 9.73 Å². The molecule has 0 amide bonds. The quantitative estimate of drug-likeness (QED) is 0.871. The van der Waals surface area contributed by atoms with E-state index in [1.165, 1.54) is 0 Å². The lowest BCUT2D eigenvalue weighted by Gasteiger charge is -2.35. The fourth-order valence-electron chi connectivity index (χ4n) is 2.40. The van der Waals surface area contributed by atoms with Crippen LogP contribution in [0.15, 0.2) is 21.2 Å². The standard InChI is InChI=1S/C13H18BrNO2/c1-13(2,9-4-3-6-15-8-9)12(16)11-10(14)5-7-17-11/h5,7,9,15H,3-4,6,8H2,1-2H3. The number of carbonyl (C=O) groups is 1. The van der Waals surface area contributed by atoms with E-state index in [9.17, 15) is 4.79 Å². The number of hydrogen-bond donors (Lipinski definition) is 1. The maximum Gasteiger partial charge on any atom is 0.205 e. The van der Waals surface area contributed by atoms with Crippen LogP contribution in [0.4, 0.5) is 0 Å². The second-order valence-electron chi connectivity index (χ2n) is 5.19. The Hall–Kier alpha value is -0.610. The number of halogens is 1. The summed E-state index contributed by atoms with van der Waals surface area (Å²) in [4.78, 5) is 12.5. The molecule has 1 fully saturated rings. The van der Waals surface area contributed by atoms with Crippen LogP contribution in [-0.4, -0.2) is 18.9 Å². The highest BCUT2D eigenvalue weighted by molar-refractivity contribution is 9.10. The van der Waals surface area contributed by atoms with Gasteiger partial charge in [0.05, 0.1) is 10.7 Å². The highest BCUT2D eigenvalue weighted by atomic mass is 79.9. The molecule has 17 heavy (non-hydrogen) atoms. The van der Waals surface area contributed by atoms with E-state index < -0.39 is 0 Å². The Labute approximate surface area is 110 Å². The van der Waals surface area contributed by atoms with Crippen LogP contribution in [-0.2, 0) is 0 Å². The minimum atomic E-state index is -0.381. The molecule has 1 atom stereocenters. The molecule has 1 aromatic rings. The molecule has 1 saturated heterocycles. The molecule has 2 heterocycles. The topological polar surface area (TPSA) is 42.2 Å². The van der Waals surface area contributed by atoms with Crippen molar-refractivity contribution in [2.75, 3.05) is 13.1 Å². The zero-order chi connectivity index (χ0) is 12.5. The first-order chi connectivity index (χ1) is 8.03. The molecule has 1 N–H and O–H groups in total. The van der Waals surface area contributed by atoms with Crippen LogP contribution < -0.4 is 5.32 Å². The van der Waals surface area contributed by atoms with Crippen molar-refractivity contribution in [3.05, 3.63) is 22.6 Å². The number of furan rings is 1. The van der Waals surface area contributed by atoms with E-state index in [0.717, 1.165) is 30.4 Å². The molecule has 0 saturated carbocycles. The molecule has 2 rings (SSSR count). The molecule has 0 aromatic carbocycles.